The third-order valence-electron chi connectivity index (χ3n) is 7.01. The lowest BCUT2D eigenvalue weighted by atomic mass is 10.0. The molecule has 0 aliphatic carbocycles. The minimum Gasteiger partial charge on any atom is -0.368 e. The van der Waals surface area contributed by atoms with E-state index in [1.165, 1.54) is 12.1 Å². The van der Waals surface area contributed by atoms with Crippen molar-refractivity contribution in [3.8, 4) is 0 Å². The molecule has 0 aliphatic heterocycles. The fraction of sp³-hybridized carbons (Fsp3) is 0.294. The number of nitrogens with two attached hydrogens (primary N) is 1. The summed E-state index contributed by atoms with van der Waals surface area (Å²) in [6.45, 7) is 3.66. The summed E-state index contributed by atoms with van der Waals surface area (Å²) in [5.41, 5.74) is 7.00. The fourth-order valence-electron chi connectivity index (χ4n) is 4.68. The van der Waals surface area contributed by atoms with E-state index in [-0.39, 0.29) is 30.7 Å². The van der Waals surface area contributed by atoms with Crippen LogP contribution in [0.2, 0.25) is 0 Å². The topological polar surface area (TPSA) is 168 Å². The fourth-order valence-corrected chi connectivity index (χ4v) is 6.22. The molecule has 6 N–H and O–H groups in total. The average Bonchev–Trinajstić information content (AvgIpc) is 3.00. The van der Waals surface area contributed by atoms with Crippen LogP contribution in [0, 0.1) is 11.7 Å². The van der Waals surface area contributed by atoms with Gasteiger partial charge in [-0.15, -0.1) is 0 Å². The Kier molecular flexibility index (Phi) is 13.4. The Labute approximate surface area is 268 Å². The highest BCUT2D eigenvalue weighted by atomic mass is 31.2. The molecule has 244 valence electrons. The van der Waals surface area contributed by atoms with Crippen LogP contribution in [0.15, 0.2) is 91.0 Å². The van der Waals surface area contributed by atoms with Crippen molar-refractivity contribution >= 4 is 37.1 Å². The summed E-state index contributed by atoms with van der Waals surface area (Å²) in [4.78, 5) is 62.6. The smallest absolute Gasteiger partial charge is 0.252 e. The highest BCUT2D eigenvalue weighted by Gasteiger charge is 2.36. The lowest BCUT2D eigenvalue weighted by Gasteiger charge is -2.26. The van der Waals surface area contributed by atoms with Gasteiger partial charge in [0.15, 0.2) is 0 Å². The number of carbonyl (C=O) groups is 4. The Morgan fingerprint density at radius 3 is 2.15 bits per heavy atom. The zero-order chi connectivity index (χ0) is 33.7. The highest BCUT2D eigenvalue weighted by molar-refractivity contribution is 7.59. The van der Waals surface area contributed by atoms with Gasteiger partial charge in [0, 0.05) is 12.0 Å². The van der Waals surface area contributed by atoms with E-state index in [0.717, 1.165) is 17.7 Å². The van der Waals surface area contributed by atoms with Gasteiger partial charge in [-0.1, -0.05) is 92.7 Å². The lowest BCUT2D eigenvalue weighted by molar-refractivity contribution is -0.131. The highest BCUT2D eigenvalue weighted by Crippen LogP contribution is 2.46. The largest absolute Gasteiger partial charge is 0.368 e. The molecule has 4 amide bonds. The predicted octanol–water partition coefficient (Wildman–Crippen LogP) is 4.00. The number of benzene rings is 3. The molecule has 0 fully saturated rings. The summed E-state index contributed by atoms with van der Waals surface area (Å²) < 4.78 is 27.4. The van der Waals surface area contributed by atoms with E-state index < -0.39 is 60.8 Å². The van der Waals surface area contributed by atoms with Gasteiger partial charge in [0.1, 0.15) is 29.8 Å². The van der Waals surface area contributed by atoms with E-state index >= 15 is 0 Å². The summed E-state index contributed by atoms with van der Waals surface area (Å²) in [6.07, 6.45) is 2.77. The third-order valence-corrected chi connectivity index (χ3v) is 9.04. The Morgan fingerprint density at radius 1 is 0.891 bits per heavy atom. The molecule has 0 spiro atoms. The van der Waals surface area contributed by atoms with Crippen molar-refractivity contribution in [2.75, 3.05) is 6.16 Å². The molecule has 3 aromatic carbocycles. The Hall–Kier alpha value is -4.60. The van der Waals surface area contributed by atoms with Crippen LogP contribution in [0.25, 0.3) is 6.08 Å². The Bertz CT molecular complexity index is 1570. The van der Waals surface area contributed by atoms with E-state index in [9.17, 15) is 33.0 Å². The van der Waals surface area contributed by atoms with E-state index in [4.69, 9.17) is 5.73 Å². The van der Waals surface area contributed by atoms with Crippen LogP contribution in [-0.2, 0) is 25.4 Å². The standard InChI is InChI=1S/C34H40FN4O6P/c1-23(2)19-29(34(43)38-28(32(36)41)18-9-15-24-11-5-3-6-12-24)37-30(40)22-46(44,45)31(20-25-13-7-4-8-14-25)39-33(42)26-16-10-17-27(35)21-26/h3-17,21,23,28-29,31H,18-20,22H2,1-2H3,(H2,36,41)(H,37,40)(H,38,43)(H,39,42)(H,44,45)/b15-9-/t28?,29-,31-/m0/s1. The molecule has 0 aromatic heterocycles. The molecule has 12 heteroatoms. The van der Waals surface area contributed by atoms with Crippen LogP contribution in [0.4, 0.5) is 4.39 Å². The predicted molar refractivity (Wildman–Crippen MR) is 175 cm³/mol. The number of halogens is 1. The van der Waals surface area contributed by atoms with Crippen molar-refractivity contribution in [3.05, 3.63) is 114 Å². The number of hydrogen-bond donors (Lipinski definition) is 5. The third kappa shape index (κ3) is 11.7. The van der Waals surface area contributed by atoms with Gasteiger partial charge in [-0.25, -0.2) is 4.39 Å². The number of hydrogen-bond acceptors (Lipinski definition) is 5. The molecule has 3 aromatic rings. The number of rotatable bonds is 16. The van der Waals surface area contributed by atoms with Crippen molar-refractivity contribution in [3.63, 3.8) is 0 Å². The van der Waals surface area contributed by atoms with E-state index in [1.807, 2.05) is 44.2 Å². The first kappa shape index (κ1) is 35.9. The van der Waals surface area contributed by atoms with Crippen LogP contribution in [-0.4, -0.2) is 52.6 Å². The molecule has 0 saturated heterocycles. The maximum Gasteiger partial charge on any atom is 0.252 e. The zero-order valence-electron chi connectivity index (χ0n) is 25.8. The van der Waals surface area contributed by atoms with Crippen molar-refractivity contribution in [1.82, 2.24) is 16.0 Å². The van der Waals surface area contributed by atoms with Crippen LogP contribution >= 0.6 is 7.37 Å². The van der Waals surface area contributed by atoms with Gasteiger partial charge in [0.05, 0.1) is 0 Å². The second-order valence-corrected chi connectivity index (χ2v) is 13.8. The van der Waals surface area contributed by atoms with Crippen molar-refractivity contribution < 1.29 is 33.0 Å². The van der Waals surface area contributed by atoms with Gasteiger partial charge >= 0.3 is 0 Å². The van der Waals surface area contributed by atoms with E-state index in [1.54, 1.807) is 42.5 Å². The molecule has 0 saturated carbocycles. The first-order valence-electron chi connectivity index (χ1n) is 14.9. The molecular formula is C34H40FN4O6P. The summed E-state index contributed by atoms with van der Waals surface area (Å²) >= 11 is 0. The van der Waals surface area contributed by atoms with Crippen LogP contribution in [0.5, 0.6) is 0 Å². The number of nitrogens with one attached hydrogen (secondary N) is 3. The van der Waals surface area contributed by atoms with Gasteiger partial charge < -0.3 is 26.6 Å². The Morgan fingerprint density at radius 2 is 1.54 bits per heavy atom. The minimum atomic E-state index is -4.47. The molecule has 10 nitrogen and oxygen atoms in total. The zero-order valence-corrected chi connectivity index (χ0v) is 26.7. The van der Waals surface area contributed by atoms with Crippen LogP contribution in [0.3, 0.4) is 0 Å². The SMILES string of the molecule is CC(C)C[C@H](NC(=O)CP(=O)(O)[C@@H](Cc1ccccc1)NC(=O)c1cccc(F)c1)C(=O)NC(C/C=C\c1ccccc1)C(N)=O. The van der Waals surface area contributed by atoms with Gasteiger partial charge in [-0.3, -0.25) is 23.7 Å². The molecule has 3 rings (SSSR count). The summed E-state index contributed by atoms with van der Waals surface area (Å²) in [5, 5.41) is 7.61. The summed E-state index contributed by atoms with van der Waals surface area (Å²) in [5.74, 6) is -5.25. The summed E-state index contributed by atoms with van der Waals surface area (Å²) in [6, 6.07) is 20.6. The van der Waals surface area contributed by atoms with Gasteiger partial charge in [-0.2, -0.15) is 0 Å². The van der Waals surface area contributed by atoms with Crippen LogP contribution in [0.1, 0.15) is 48.2 Å². The number of carbonyl (C=O) groups excluding carboxylic acids is 4. The molecule has 46 heavy (non-hydrogen) atoms. The molecule has 0 heterocycles. The normalized spacial score (nSPS) is 14.5. The maximum absolute atomic E-state index is 13.8. The number of primary amides is 1. The molecular weight excluding hydrogens is 610 g/mol. The maximum atomic E-state index is 13.8. The van der Waals surface area contributed by atoms with Crippen molar-refractivity contribution in [2.24, 2.45) is 11.7 Å². The molecule has 0 aliphatic rings. The molecule has 0 bridgehead atoms. The minimum absolute atomic E-state index is 0.0567. The monoisotopic (exact) mass is 650 g/mol. The average molecular weight is 651 g/mol. The molecule has 0 radical (unpaired) electrons. The first-order chi connectivity index (χ1) is 21.8. The van der Waals surface area contributed by atoms with Crippen LogP contribution < -0.4 is 21.7 Å². The van der Waals surface area contributed by atoms with Gasteiger partial charge in [0.2, 0.25) is 25.1 Å². The quantitative estimate of drug-likeness (QED) is 0.147. The van der Waals surface area contributed by atoms with Crippen molar-refractivity contribution in [2.45, 2.75) is 51.0 Å². The second kappa shape index (κ2) is 17.2. The second-order valence-electron chi connectivity index (χ2n) is 11.4. The first-order valence-corrected chi connectivity index (χ1v) is 16.8. The molecule has 4 atom stereocenters. The van der Waals surface area contributed by atoms with Crippen molar-refractivity contribution in [1.29, 1.82) is 0 Å². The Balaban J connectivity index is 1.73. The van der Waals surface area contributed by atoms with E-state index in [2.05, 4.69) is 16.0 Å². The van der Waals surface area contributed by atoms with E-state index in [0.29, 0.717) is 5.56 Å². The number of amides is 4. The van der Waals surface area contributed by atoms with Gasteiger partial charge in [-0.05, 0) is 48.1 Å². The van der Waals surface area contributed by atoms with Gasteiger partial charge in [0.25, 0.3) is 5.91 Å². The molecule has 2 unspecified atom stereocenters. The summed E-state index contributed by atoms with van der Waals surface area (Å²) in [7, 11) is -4.47. The lowest BCUT2D eigenvalue weighted by Crippen LogP contribution is -2.53.